The molecule has 0 saturated heterocycles. The van der Waals surface area contributed by atoms with E-state index in [1.165, 1.54) is 30.1 Å². The number of fused-ring (bicyclic) bond motifs is 1. The fourth-order valence-corrected chi connectivity index (χ4v) is 3.06. The van der Waals surface area contributed by atoms with Crippen LogP contribution in [0.25, 0.3) is 10.9 Å². The molecule has 0 unspecified atom stereocenters. The summed E-state index contributed by atoms with van der Waals surface area (Å²) in [6.45, 7) is 0. The number of H-pyrrole nitrogens is 1. The number of aromatic nitrogens is 1. The van der Waals surface area contributed by atoms with E-state index < -0.39 is 23.3 Å². The summed E-state index contributed by atoms with van der Waals surface area (Å²) >= 11 is 1.19. The zero-order chi connectivity index (χ0) is 17.4. The lowest BCUT2D eigenvalue weighted by molar-refractivity contribution is 0.409. The van der Waals surface area contributed by atoms with Gasteiger partial charge in [-0.15, -0.1) is 11.8 Å². The number of halogens is 3. The van der Waals surface area contributed by atoms with Crippen molar-refractivity contribution in [2.45, 2.75) is 4.90 Å². The maximum Gasteiger partial charge on any atom is 0.204 e. The van der Waals surface area contributed by atoms with Crippen molar-refractivity contribution in [3.05, 3.63) is 53.5 Å². The largest absolute Gasteiger partial charge is 0.453 e. The smallest absolute Gasteiger partial charge is 0.204 e. The standard InChI is InChI=1S/C16H12F3N3OS/c1-24-15-8-4-5-22-13(8)11(18)12(19)14(15)23-7-2-3-10(17)9(6-7)16(20)21/h2-6,22H,1H3,(H3,20,21). The van der Waals surface area contributed by atoms with Gasteiger partial charge in [0.05, 0.1) is 16.0 Å². The second-order valence-corrected chi connectivity index (χ2v) is 5.73. The highest BCUT2D eigenvalue weighted by Crippen LogP contribution is 2.41. The molecule has 4 N–H and O–H groups in total. The van der Waals surface area contributed by atoms with E-state index in [9.17, 15) is 13.2 Å². The minimum atomic E-state index is -1.15. The Morgan fingerprint density at radius 3 is 2.62 bits per heavy atom. The molecule has 0 spiro atoms. The Kier molecular flexibility index (Phi) is 4.15. The Bertz CT molecular complexity index is 955. The first-order chi connectivity index (χ1) is 11.4. The molecule has 1 aromatic heterocycles. The third-order valence-corrected chi connectivity index (χ3v) is 4.28. The number of nitrogen functional groups attached to an aromatic ring is 1. The Balaban J connectivity index is 2.15. The molecule has 0 fully saturated rings. The third-order valence-electron chi connectivity index (χ3n) is 3.46. The molecule has 24 heavy (non-hydrogen) atoms. The average molecular weight is 351 g/mol. The van der Waals surface area contributed by atoms with Crippen LogP contribution in [0.2, 0.25) is 0 Å². The van der Waals surface area contributed by atoms with E-state index in [4.69, 9.17) is 15.9 Å². The van der Waals surface area contributed by atoms with Gasteiger partial charge in [0.1, 0.15) is 17.4 Å². The highest BCUT2D eigenvalue weighted by atomic mass is 32.2. The van der Waals surface area contributed by atoms with Gasteiger partial charge in [-0.3, -0.25) is 5.41 Å². The van der Waals surface area contributed by atoms with Crippen LogP contribution in [0.1, 0.15) is 5.56 Å². The molecule has 1 heterocycles. The van der Waals surface area contributed by atoms with Crippen LogP contribution >= 0.6 is 11.8 Å². The Labute approximate surface area is 139 Å². The lowest BCUT2D eigenvalue weighted by Gasteiger charge is -2.13. The molecule has 4 nitrogen and oxygen atoms in total. The number of nitrogens with one attached hydrogen (secondary N) is 2. The van der Waals surface area contributed by atoms with Gasteiger partial charge in [-0.05, 0) is 30.5 Å². The van der Waals surface area contributed by atoms with Crippen molar-refractivity contribution in [1.29, 1.82) is 5.41 Å². The normalized spacial score (nSPS) is 11.0. The molecule has 8 heteroatoms. The molecular weight excluding hydrogens is 339 g/mol. The first-order valence-electron chi connectivity index (χ1n) is 6.77. The number of rotatable bonds is 4. The quantitative estimate of drug-likeness (QED) is 0.371. The van der Waals surface area contributed by atoms with E-state index in [2.05, 4.69) is 4.98 Å². The van der Waals surface area contributed by atoms with Crippen molar-refractivity contribution in [2.24, 2.45) is 5.73 Å². The van der Waals surface area contributed by atoms with Crippen molar-refractivity contribution < 1.29 is 17.9 Å². The number of thioether (sulfide) groups is 1. The van der Waals surface area contributed by atoms with Gasteiger partial charge in [-0.1, -0.05) is 0 Å². The number of hydrogen-bond donors (Lipinski definition) is 3. The number of hydrogen-bond acceptors (Lipinski definition) is 3. The van der Waals surface area contributed by atoms with Gasteiger partial charge in [0.25, 0.3) is 0 Å². The van der Waals surface area contributed by atoms with Gasteiger partial charge in [0.15, 0.2) is 11.6 Å². The van der Waals surface area contributed by atoms with Crippen LogP contribution in [0.3, 0.4) is 0 Å². The SMILES string of the molecule is CSc1c(Oc2ccc(F)c(C(=N)N)c2)c(F)c(F)c2[nH]ccc12. The zero-order valence-corrected chi connectivity index (χ0v) is 13.2. The molecule has 0 radical (unpaired) electrons. The van der Waals surface area contributed by atoms with Gasteiger partial charge in [0, 0.05) is 11.6 Å². The van der Waals surface area contributed by atoms with Gasteiger partial charge in [-0.25, -0.2) is 8.78 Å². The predicted octanol–water partition coefficient (Wildman–Crippen LogP) is 4.38. The van der Waals surface area contributed by atoms with Crippen molar-refractivity contribution in [3.63, 3.8) is 0 Å². The Morgan fingerprint density at radius 1 is 1.21 bits per heavy atom. The molecular formula is C16H12F3N3OS. The highest BCUT2D eigenvalue weighted by Gasteiger charge is 2.22. The average Bonchev–Trinajstić information content (AvgIpc) is 3.03. The topological polar surface area (TPSA) is 74.9 Å². The molecule has 0 atom stereocenters. The summed E-state index contributed by atoms with van der Waals surface area (Å²) in [5, 5.41) is 7.81. The summed E-state index contributed by atoms with van der Waals surface area (Å²) in [5.41, 5.74) is 5.16. The minimum absolute atomic E-state index is 0.0464. The minimum Gasteiger partial charge on any atom is -0.453 e. The van der Waals surface area contributed by atoms with E-state index >= 15 is 0 Å². The molecule has 2 aromatic carbocycles. The zero-order valence-electron chi connectivity index (χ0n) is 12.4. The first kappa shape index (κ1) is 16.3. The lowest BCUT2D eigenvalue weighted by Crippen LogP contribution is -2.13. The number of nitrogens with two attached hydrogens (primary N) is 1. The number of aromatic amines is 1. The second-order valence-electron chi connectivity index (χ2n) is 4.91. The fourth-order valence-electron chi connectivity index (χ4n) is 2.36. The van der Waals surface area contributed by atoms with Crippen LogP contribution in [0.4, 0.5) is 13.2 Å². The van der Waals surface area contributed by atoms with Crippen molar-refractivity contribution in [3.8, 4) is 11.5 Å². The van der Waals surface area contributed by atoms with Crippen LogP contribution in [-0.4, -0.2) is 17.1 Å². The number of benzene rings is 2. The van der Waals surface area contributed by atoms with Gasteiger partial charge < -0.3 is 15.5 Å². The first-order valence-corrected chi connectivity index (χ1v) is 8.00. The van der Waals surface area contributed by atoms with Gasteiger partial charge in [0.2, 0.25) is 5.82 Å². The van der Waals surface area contributed by atoms with Crippen molar-refractivity contribution in [1.82, 2.24) is 4.98 Å². The maximum atomic E-state index is 14.4. The van der Waals surface area contributed by atoms with Crippen LogP contribution < -0.4 is 10.5 Å². The van der Waals surface area contributed by atoms with Crippen LogP contribution in [0.5, 0.6) is 11.5 Å². The highest BCUT2D eigenvalue weighted by molar-refractivity contribution is 7.99. The van der Waals surface area contributed by atoms with Crippen LogP contribution in [-0.2, 0) is 0 Å². The summed E-state index contributed by atoms with van der Waals surface area (Å²) in [6.07, 6.45) is 3.21. The van der Waals surface area contributed by atoms with Gasteiger partial charge in [-0.2, -0.15) is 4.39 Å². The van der Waals surface area contributed by atoms with Crippen LogP contribution in [0, 0.1) is 22.9 Å². The molecule has 0 aliphatic heterocycles. The lowest BCUT2D eigenvalue weighted by atomic mass is 10.2. The number of ether oxygens (including phenoxy) is 1. The molecule has 0 amide bonds. The van der Waals surface area contributed by atoms with E-state index in [1.807, 2.05) is 0 Å². The van der Waals surface area contributed by atoms with Gasteiger partial charge >= 0.3 is 0 Å². The summed E-state index contributed by atoms with van der Waals surface area (Å²) in [7, 11) is 0. The Morgan fingerprint density at radius 2 is 1.96 bits per heavy atom. The van der Waals surface area contributed by atoms with Crippen molar-refractivity contribution in [2.75, 3.05) is 6.26 Å². The van der Waals surface area contributed by atoms with E-state index in [1.54, 1.807) is 12.3 Å². The van der Waals surface area contributed by atoms with E-state index in [0.29, 0.717) is 10.3 Å². The number of amidine groups is 1. The third kappa shape index (κ3) is 2.58. The maximum absolute atomic E-state index is 14.4. The fraction of sp³-hybridized carbons (Fsp3) is 0.0625. The molecule has 124 valence electrons. The summed E-state index contributed by atoms with van der Waals surface area (Å²) in [6, 6.07) is 5.08. The second kappa shape index (κ2) is 6.12. The van der Waals surface area contributed by atoms with Crippen LogP contribution in [0.15, 0.2) is 35.4 Å². The Hall–Kier alpha value is -2.61. The summed E-state index contributed by atoms with van der Waals surface area (Å²) in [5.74, 6) is -3.65. The van der Waals surface area contributed by atoms with Crippen molar-refractivity contribution >= 4 is 28.5 Å². The summed E-state index contributed by atoms with van der Waals surface area (Å²) < 4.78 is 47.6. The van der Waals surface area contributed by atoms with E-state index in [0.717, 1.165) is 6.07 Å². The molecule has 3 aromatic rings. The predicted molar refractivity (Wildman–Crippen MR) is 87.5 cm³/mol. The molecule has 0 bridgehead atoms. The molecule has 0 aliphatic rings. The molecule has 0 saturated carbocycles. The molecule has 3 rings (SSSR count). The summed E-state index contributed by atoms with van der Waals surface area (Å²) in [4.78, 5) is 3.05. The monoisotopic (exact) mass is 351 g/mol. The molecule has 0 aliphatic carbocycles. The van der Waals surface area contributed by atoms with E-state index in [-0.39, 0.29) is 22.6 Å².